The number of amides is 1. The van der Waals surface area contributed by atoms with Gasteiger partial charge in [0, 0.05) is 17.6 Å². The summed E-state index contributed by atoms with van der Waals surface area (Å²) in [6.07, 6.45) is 3.02. The van der Waals surface area contributed by atoms with Crippen LogP contribution in [0.5, 0.6) is 0 Å². The molecule has 3 N–H and O–H groups in total. The summed E-state index contributed by atoms with van der Waals surface area (Å²) in [6, 6.07) is 0. The molecule has 0 aromatic carbocycles. The number of thiazole rings is 1. The van der Waals surface area contributed by atoms with Crippen LogP contribution in [-0.4, -0.2) is 29.6 Å². The van der Waals surface area contributed by atoms with Gasteiger partial charge in [0.2, 0.25) is 0 Å². The molecule has 0 unspecified atom stereocenters. The van der Waals surface area contributed by atoms with E-state index in [-0.39, 0.29) is 30.5 Å². The number of anilines is 1. The number of carbonyl (C=O) groups excluding carboxylic acids is 1. The molecule has 0 spiro atoms. The highest BCUT2D eigenvalue weighted by atomic mass is 35.5. The van der Waals surface area contributed by atoms with Crippen molar-refractivity contribution in [3.63, 3.8) is 0 Å². The van der Waals surface area contributed by atoms with Crippen LogP contribution in [-0.2, 0) is 9.53 Å². The molecule has 1 aromatic heterocycles. The van der Waals surface area contributed by atoms with E-state index in [0.29, 0.717) is 17.6 Å². The number of nitrogens with one attached hydrogen (secondary N) is 1. The average Bonchev–Trinajstić information content (AvgIpc) is 2.96. The van der Waals surface area contributed by atoms with Crippen LogP contribution in [0.2, 0.25) is 0 Å². The zero-order chi connectivity index (χ0) is 13.1. The van der Waals surface area contributed by atoms with E-state index in [0.717, 1.165) is 17.7 Å². The zero-order valence-electron chi connectivity index (χ0n) is 11.1. The standard InChI is InChI=1S/C12H19N3O2S.ClH/c1-7(2)10-6-14-12(18-10)15-11(16)9-4-3-8(5-13)17-9;/h6-9H,3-5,13H2,1-2H3,(H,14,15,16);1H/t8-,9+;/m1./s1. The van der Waals surface area contributed by atoms with Crippen LogP contribution in [0.15, 0.2) is 6.20 Å². The molecule has 7 heteroatoms. The molecule has 1 aromatic rings. The predicted octanol–water partition coefficient (Wildman–Crippen LogP) is 2.13. The number of rotatable bonds is 4. The van der Waals surface area contributed by atoms with Crippen molar-refractivity contribution in [2.45, 2.75) is 44.8 Å². The molecule has 1 saturated heterocycles. The van der Waals surface area contributed by atoms with Gasteiger partial charge in [0.1, 0.15) is 6.10 Å². The first kappa shape index (κ1) is 16.4. The fraction of sp³-hybridized carbons (Fsp3) is 0.667. The fourth-order valence-electron chi connectivity index (χ4n) is 1.87. The van der Waals surface area contributed by atoms with Gasteiger partial charge < -0.3 is 10.5 Å². The van der Waals surface area contributed by atoms with Crippen molar-refractivity contribution < 1.29 is 9.53 Å². The second-order valence-electron chi connectivity index (χ2n) is 4.77. The van der Waals surface area contributed by atoms with E-state index in [1.165, 1.54) is 11.3 Å². The number of aromatic nitrogens is 1. The van der Waals surface area contributed by atoms with Crippen LogP contribution in [0, 0.1) is 0 Å². The monoisotopic (exact) mass is 305 g/mol. The number of hydrogen-bond donors (Lipinski definition) is 2. The molecule has 0 radical (unpaired) electrons. The SMILES string of the molecule is CC(C)c1cnc(NC(=O)[C@@H]2CC[C@H](CN)O2)s1.Cl. The summed E-state index contributed by atoms with van der Waals surface area (Å²) in [5.74, 6) is 0.313. The Balaban J connectivity index is 0.00000180. The van der Waals surface area contributed by atoms with E-state index in [1.54, 1.807) is 0 Å². The lowest BCUT2D eigenvalue weighted by molar-refractivity contribution is -0.126. The number of carbonyl (C=O) groups is 1. The van der Waals surface area contributed by atoms with Gasteiger partial charge in [-0.25, -0.2) is 4.98 Å². The molecule has 1 fully saturated rings. The minimum Gasteiger partial charge on any atom is -0.364 e. The van der Waals surface area contributed by atoms with E-state index in [4.69, 9.17) is 10.5 Å². The Morgan fingerprint density at radius 1 is 1.63 bits per heavy atom. The summed E-state index contributed by atoms with van der Waals surface area (Å²) in [5.41, 5.74) is 5.52. The molecule has 2 atom stereocenters. The molecule has 19 heavy (non-hydrogen) atoms. The topological polar surface area (TPSA) is 77.2 Å². The number of halogens is 1. The smallest absolute Gasteiger partial charge is 0.255 e. The second-order valence-corrected chi connectivity index (χ2v) is 5.83. The van der Waals surface area contributed by atoms with Crippen molar-refractivity contribution in [2.24, 2.45) is 5.73 Å². The molecule has 0 aliphatic carbocycles. The van der Waals surface area contributed by atoms with Crippen LogP contribution >= 0.6 is 23.7 Å². The largest absolute Gasteiger partial charge is 0.364 e. The number of hydrogen-bond acceptors (Lipinski definition) is 5. The summed E-state index contributed by atoms with van der Waals surface area (Å²) in [5, 5.41) is 3.45. The Morgan fingerprint density at radius 3 is 2.89 bits per heavy atom. The highest BCUT2D eigenvalue weighted by Gasteiger charge is 2.30. The van der Waals surface area contributed by atoms with Crippen LogP contribution in [0.4, 0.5) is 5.13 Å². The van der Waals surface area contributed by atoms with Crippen molar-refractivity contribution in [2.75, 3.05) is 11.9 Å². The first-order valence-corrected chi connectivity index (χ1v) is 7.04. The quantitative estimate of drug-likeness (QED) is 0.893. The molecule has 0 saturated carbocycles. The van der Waals surface area contributed by atoms with Crippen LogP contribution in [0.3, 0.4) is 0 Å². The lowest BCUT2D eigenvalue weighted by atomic mass is 10.2. The summed E-state index contributed by atoms with van der Waals surface area (Å²) in [6.45, 7) is 4.68. The molecular weight excluding hydrogens is 286 g/mol. The van der Waals surface area contributed by atoms with E-state index in [9.17, 15) is 4.79 Å². The van der Waals surface area contributed by atoms with Crippen molar-refractivity contribution >= 4 is 34.8 Å². The third kappa shape index (κ3) is 4.14. The van der Waals surface area contributed by atoms with Crippen molar-refractivity contribution in [1.82, 2.24) is 4.98 Å². The normalized spacial score (nSPS) is 22.3. The van der Waals surface area contributed by atoms with E-state index in [2.05, 4.69) is 24.1 Å². The number of nitrogens with zero attached hydrogens (tertiary/aromatic N) is 1. The first-order valence-electron chi connectivity index (χ1n) is 6.22. The minimum atomic E-state index is -0.384. The summed E-state index contributed by atoms with van der Waals surface area (Å²) < 4.78 is 5.54. The van der Waals surface area contributed by atoms with E-state index < -0.39 is 0 Å². The molecule has 1 amide bonds. The van der Waals surface area contributed by atoms with Gasteiger partial charge in [0.05, 0.1) is 6.10 Å². The van der Waals surface area contributed by atoms with Gasteiger partial charge >= 0.3 is 0 Å². The highest BCUT2D eigenvalue weighted by molar-refractivity contribution is 7.15. The maximum Gasteiger partial charge on any atom is 0.255 e. The lowest BCUT2D eigenvalue weighted by Crippen LogP contribution is -2.29. The molecule has 5 nitrogen and oxygen atoms in total. The summed E-state index contributed by atoms with van der Waals surface area (Å²) >= 11 is 1.51. The maximum absolute atomic E-state index is 11.9. The van der Waals surface area contributed by atoms with Gasteiger partial charge in [-0.15, -0.1) is 23.7 Å². The third-order valence-corrected chi connectivity index (χ3v) is 4.20. The lowest BCUT2D eigenvalue weighted by Gasteiger charge is -2.11. The minimum absolute atomic E-state index is 0. The Bertz CT molecular complexity index is 425. The third-order valence-electron chi connectivity index (χ3n) is 2.99. The predicted molar refractivity (Wildman–Crippen MR) is 79.0 cm³/mol. The summed E-state index contributed by atoms with van der Waals surface area (Å²) in [4.78, 5) is 17.3. The van der Waals surface area contributed by atoms with Gasteiger partial charge in [-0.2, -0.15) is 0 Å². The molecule has 108 valence electrons. The molecule has 2 rings (SSSR count). The van der Waals surface area contributed by atoms with Crippen molar-refractivity contribution in [3.8, 4) is 0 Å². The molecular formula is C12H20ClN3O2S. The number of nitrogens with two attached hydrogens (primary N) is 1. The Labute approximate surface area is 123 Å². The van der Waals surface area contributed by atoms with Gasteiger partial charge in [0.25, 0.3) is 5.91 Å². The Hall–Kier alpha value is -0.690. The maximum atomic E-state index is 11.9. The Kier molecular flexibility index (Phi) is 6.19. The van der Waals surface area contributed by atoms with E-state index >= 15 is 0 Å². The van der Waals surface area contributed by atoms with Crippen LogP contribution in [0.25, 0.3) is 0 Å². The highest BCUT2D eigenvalue weighted by Crippen LogP contribution is 2.26. The first-order chi connectivity index (χ1) is 8.60. The molecule has 1 aliphatic rings. The van der Waals surface area contributed by atoms with Crippen molar-refractivity contribution in [1.29, 1.82) is 0 Å². The number of ether oxygens (including phenoxy) is 1. The molecule has 1 aliphatic heterocycles. The molecule has 0 bridgehead atoms. The zero-order valence-corrected chi connectivity index (χ0v) is 12.7. The Morgan fingerprint density at radius 2 is 2.37 bits per heavy atom. The van der Waals surface area contributed by atoms with Gasteiger partial charge in [-0.3, -0.25) is 10.1 Å². The van der Waals surface area contributed by atoms with Gasteiger partial charge in [-0.05, 0) is 18.8 Å². The molecule has 2 heterocycles. The van der Waals surface area contributed by atoms with Crippen LogP contribution < -0.4 is 11.1 Å². The van der Waals surface area contributed by atoms with E-state index in [1.807, 2.05) is 6.20 Å². The summed E-state index contributed by atoms with van der Waals surface area (Å²) in [7, 11) is 0. The van der Waals surface area contributed by atoms with Crippen LogP contribution in [0.1, 0.15) is 37.5 Å². The van der Waals surface area contributed by atoms with Gasteiger partial charge in [-0.1, -0.05) is 13.8 Å². The van der Waals surface area contributed by atoms with Crippen molar-refractivity contribution in [3.05, 3.63) is 11.1 Å². The fourth-order valence-corrected chi connectivity index (χ4v) is 2.69. The average molecular weight is 306 g/mol. The second kappa shape index (κ2) is 7.19. The van der Waals surface area contributed by atoms with Gasteiger partial charge in [0.15, 0.2) is 5.13 Å².